The van der Waals surface area contributed by atoms with E-state index in [2.05, 4.69) is 9.88 Å². The smallest absolute Gasteiger partial charge is 0.239 e. The molecule has 0 unspecified atom stereocenters. The normalized spacial score (nSPS) is 14.3. The van der Waals surface area contributed by atoms with Crippen LogP contribution in [0.3, 0.4) is 0 Å². The SMILES string of the molecule is Nc1ccc2c(c1)CN(c1ccc(S(N)(=O)=O)cn1)C2. The zero-order valence-corrected chi connectivity index (χ0v) is 11.5. The van der Waals surface area contributed by atoms with Gasteiger partial charge in [-0.05, 0) is 35.4 Å². The summed E-state index contributed by atoms with van der Waals surface area (Å²) in [6.07, 6.45) is 1.28. The number of fused-ring (bicyclic) bond motifs is 1. The minimum absolute atomic E-state index is 0.0159. The molecule has 1 aromatic carbocycles. The molecule has 1 aromatic heterocycles. The molecule has 7 heteroatoms. The van der Waals surface area contributed by atoms with E-state index < -0.39 is 10.0 Å². The van der Waals surface area contributed by atoms with Gasteiger partial charge in [0, 0.05) is 25.0 Å². The molecule has 0 saturated carbocycles. The molecule has 6 nitrogen and oxygen atoms in total. The monoisotopic (exact) mass is 290 g/mol. The molecule has 0 fully saturated rings. The highest BCUT2D eigenvalue weighted by atomic mass is 32.2. The number of anilines is 2. The Hall–Kier alpha value is -2.12. The molecule has 0 amide bonds. The van der Waals surface area contributed by atoms with E-state index in [1.807, 2.05) is 18.2 Å². The zero-order valence-electron chi connectivity index (χ0n) is 10.7. The summed E-state index contributed by atoms with van der Waals surface area (Å²) in [6, 6.07) is 8.96. The molecule has 104 valence electrons. The number of rotatable bonds is 2. The van der Waals surface area contributed by atoms with Gasteiger partial charge in [-0.25, -0.2) is 18.5 Å². The number of nitrogens with two attached hydrogens (primary N) is 2. The predicted molar refractivity (Wildman–Crippen MR) is 76.4 cm³/mol. The lowest BCUT2D eigenvalue weighted by Gasteiger charge is -2.16. The summed E-state index contributed by atoms with van der Waals surface area (Å²) in [4.78, 5) is 6.24. The molecule has 0 saturated heterocycles. The second-order valence-electron chi connectivity index (χ2n) is 4.78. The fourth-order valence-electron chi connectivity index (χ4n) is 2.30. The van der Waals surface area contributed by atoms with Crippen LogP contribution in [0.15, 0.2) is 41.4 Å². The third kappa shape index (κ3) is 2.33. The van der Waals surface area contributed by atoms with Gasteiger partial charge in [0.05, 0.1) is 0 Å². The Balaban J connectivity index is 1.86. The topological polar surface area (TPSA) is 102 Å². The molecule has 0 aliphatic carbocycles. The molecule has 1 aliphatic heterocycles. The van der Waals surface area contributed by atoms with Crippen LogP contribution in [0, 0.1) is 0 Å². The van der Waals surface area contributed by atoms with Crippen molar-refractivity contribution in [3.8, 4) is 0 Å². The molecule has 2 aromatic rings. The van der Waals surface area contributed by atoms with Crippen LogP contribution in [0.4, 0.5) is 11.5 Å². The van der Waals surface area contributed by atoms with Crippen molar-refractivity contribution >= 4 is 21.5 Å². The average Bonchev–Trinajstić information content (AvgIpc) is 2.80. The van der Waals surface area contributed by atoms with Crippen LogP contribution in [0.25, 0.3) is 0 Å². The van der Waals surface area contributed by atoms with Crippen molar-refractivity contribution in [3.63, 3.8) is 0 Å². The fraction of sp³-hybridized carbons (Fsp3) is 0.154. The van der Waals surface area contributed by atoms with E-state index in [1.54, 1.807) is 6.07 Å². The van der Waals surface area contributed by atoms with Gasteiger partial charge in [0.1, 0.15) is 10.7 Å². The number of hydrogen-bond acceptors (Lipinski definition) is 5. The first-order valence-corrected chi connectivity index (χ1v) is 7.59. The largest absolute Gasteiger partial charge is 0.399 e. The summed E-state index contributed by atoms with van der Waals surface area (Å²) >= 11 is 0. The van der Waals surface area contributed by atoms with Gasteiger partial charge in [0.2, 0.25) is 10.0 Å². The second-order valence-corrected chi connectivity index (χ2v) is 6.34. The Morgan fingerprint density at radius 2 is 1.85 bits per heavy atom. The van der Waals surface area contributed by atoms with E-state index in [0.717, 1.165) is 12.2 Å². The molecule has 3 rings (SSSR count). The minimum atomic E-state index is -3.70. The highest BCUT2D eigenvalue weighted by Crippen LogP contribution is 2.28. The Bertz CT molecular complexity index is 756. The lowest BCUT2D eigenvalue weighted by Crippen LogP contribution is -2.17. The van der Waals surface area contributed by atoms with E-state index in [9.17, 15) is 8.42 Å². The Morgan fingerprint density at radius 1 is 1.10 bits per heavy atom. The lowest BCUT2D eigenvalue weighted by molar-refractivity contribution is 0.597. The zero-order chi connectivity index (χ0) is 14.3. The number of sulfonamides is 1. The summed E-state index contributed by atoms with van der Waals surface area (Å²) in [5.74, 6) is 0.715. The van der Waals surface area contributed by atoms with Gasteiger partial charge in [-0.3, -0.25) is 0 Å². The molecular weight excluding hydrogens is 276 g/mol. The first-order chi connectivity index (χ1) is 9.43. The summed E-state index contributed by atoms with van der Waals surface area (Å²) in [6.45, 7) is 1.44. The van der Waals surface area contributed by atoms with Crippen molar-refractivity contribution in [2.45, 2.75) is 18.0 Å². The van der Waals surface area contributed by atoms with Crippen LogP contribution in [-0.4, -0.2) is 13.4 Å². The fourth-order valence-corrected chi connectivity index (χ4v) is 2.76. The van der Waals surface area contributed by atoms with Crippen LogP contribution in [-0.2, 0) is 23.1 Å². The molecule has 0 spiro atoms. The number of benzene rings is 1. The quantitative estimate of drug-likeness (QED) is 0.798. The standard InChI is InChI=1S/C13H14N4O2S/c14-11-2-1-9-7-17(8-10(9)5-11)13-4-3-12(6-16-13)20(15,18)19/h1-6H,7-8,14H2,(H2,15,18,19). The molecule has 4 N–H and O–H groups in total. The molecular formula is C13H14N4O2S. The minimum Gasteiger partial charge on any atom is -0.399 e. The van der Waals surface area contributed by atoms with Crippen molar-refractivity contribution in [1.29, 1.82) is 0 Å². The van der Waals surface area contributed by atoms with Crippen LogP contribution < -0.4 is 15.8 Å². The van der Waals surface area contributed by atoms with Crippen LogP contribution in [0.1, 0.15) is 11.1 Å². The van der Waals surface area contributed by atoms with E-state index in [-0.39, 0.29) is 4.90 Å². The maximum Gasteiger partial charge on any atom is 0.239 e. The maximum atomic E-state index is 11.2. The van der Waals surface area contributed by atoms with Gasteiger partial charge in [0.25, 0.3) is 0 Å². The van der Waals surface area contributed by atoms with Gasteiger partial charge >= 0.3 is 0 Å². The van der Waals surface area contributed by atoms with Crippen LogP contribution >= 0.6 is 0 Å². The predicted octanol–water partition coefficient (Wildman–Crippen LogP) is 0.831. The summed E-state index contributed by atoms with van der Waals surface area (Å²) < 4.78 is 22.4. The number of hydrogen-bond donors (Lipinski definition) is 2. The number of pyridine rings is 1. The van der Waals surface area contributed by atoms with Gasteiger partial charge in [-0.2, -0.15) is 0 Å². The summed E-state index contributed by atoms with van der Waals surface area (Å²) in [5.41, 5.74) is 8.88. The van der Waals surface area contributed by atoms with Gasteiger partial charge in [0.15, 0.2) is 0 Å². The highest BCUT2D eigenvalue weighted by molar-refractivity contribution is 7.89. The molecule has 1 aliphatic rings. The van der Waals surface area contributed by atoms with Gasteiger partial charge in [-0.1, -0.05) is 6.07 Å². The van der Waals surface area contributed by atoms with Crippen molar-refractivity contribution in [1.82, 2.24) is 4.98 Å². The van der Waals surface area contributed by atoms with E-state index in [0.29, 0.717) is 12.4 Å². The van der Waals surface area contributed by atoms with Crippen molar-refractivity contribution < 1.29 is 8.42 Å². The van der Waals surface area contributed by atoms with Crippen LogP contribution in [0.5, 0.6) is 0 Å². The van der Waals surface area contributed by atoms with Crippen molar-refractivity contribution in [3.05, 3.63) is 47.7 Å². The van der Waals surface area contributed by atoms with Crippen molar-refractivity contribution in [2.75, 3.05) is 10.6 Å². The Morgan fingerprint density at radius 3 is 2.50 bits per heavy atom. The number of nitrogens with zero attached hydrogens (tertiary/aromatic N) is 2. The van der Waals surface area contributed by atoms with Gasteiger partial charge < -0.3 is 10.6 Å². The molecule has 0 atom stereocenters. The second kappa shape index (κ2) is 4.46. The third-order valence-electron chi connectivity index (χ3n) is 3.33. The third-order valence-corrected chi connectivity index (χ3v) is 4.22. The summed E-state index contributed by atoms with van der Waals surface area (Å²) in [5, 5.41) is 5.05. The molecule has 0 bridgehead atoms. The van der Waals surface area contributed by atoms with Crippen LogP contribution in [0.2, 0.25) is 0 Å². The average molecular weight is 290 g/mol. The van der Waals surface area contributed by atoms with E-state index in [1.165, 1.54) is 23.4 Å². The van der Waals surface area contributed by atoms with Crippen molar-refractivity contribution in [2.24, 2.45) is 5.14 Å². The Labute approximate surface area is 117 Å². The van der Waals surface area contributed by atoms with E-state index in [4.69, 9.17) is 10.9 Å². The highest BCUT2D eigenvalue weighted by Gasteiger charge is 2.20. The molecule has 20 heavy (non-hydrogen) atoms. The first kappa shape index (κ1) is 12.9. The lowest BCUT2D eigenvalue weighted by atomic mass is 10.1. The number of aromatic nitrogens is 1. The summed E-state index contributed by atoms with van der Waals surface area (Å²) in [7, 11) is -3.70. The maximum absolute atomic E-state index is 11.2. The number of nitrogen functional groups attached to an aromatic ring is 1. The molecule has 2 heterocycles. The molecule has 0 radical (unpaired) electrons. The first-order valence-electron chi connectivity index (χ1n) is 6.04. The Kier molecular flexibility index (Phi) is 2.88. The van der Waals surface area contributed by atoms with E-state index >= 15 is 0 Å². The van der Waals surface area contributed by atoms with Gasteiger partial charge in [-0.15, -0.1) is 0 Å². The number of primary sulfonamides is 1.